The lowest BCUT2D eigenvalue weighted by Gasteiger charge is -2.42. The maximum absolute atomic E-state index is 12.9. The Balaban J connectivity index is 2.34. The summed E-state index contributed by atoms with van der Waals surface area (Å²) >= 11 is 0. The van der Waals surface area contributed by atoms with E-state index in [-0.39, 0.29) is 0 Å². The Morgan fingerprint density at radius 2 is 1.09 bits per heavy atom. The Hall–Kier alpha value is -1.61. The minimum Gasteiger partial charge on any atom is -0.334 e. The number of nitrogens with one attached hydrogen (secondary N) is 1. The maximum atomic E-state index is 12.9. The van der Waals surface area contributed by atoms with Gasteiger partial charge in [-0.3, -0.25) is 4.79 Å². The van der Waals surface area contributed by atoms with Crippen molar-refractivity contribution in [1.82, 2.24) is 10.2 Å². The monoisotopic (exact) mass is 456 g/mol. The molecule has 33 heavy (non-hydrogen) atoms. The van der Waals surface area contributed by atoms with Crippen LogP contribution in [0.25, 0.3) is 0 Å². The topological polar surface area (TPSA) is 32.3 Å². The van der Waals surface area contributed by atoms with Crippen molar-refractivity contribution in [3.05, 3.63) is 46.6 Å². The molecule has 1 amide bonds. The molecule has 1 aliphatic rings. The number of carbonyl (C=O) groups excluding carboxylic acids is 1. The molecule has 0 aromatic rings. The van der Waals surface area contributed by atoms with Crippen LogP contribution in [0.15, 0.2) is 46.6 Å². The molecule has 1 aliphatic heterocycles. The van der Waals surface area contributed by atoms with E-state index in [1.54, 1.807) is 0 Å². The van der Waals surface area contributed by atoms with Gasteiger partial charge in [0.15, 0.2) is 0 Å². The van der Waals surface area contributed by atoms with Gasteiger partial charge in [0.05, 0.1) is 0 Å². The highest BCUT2D eigenvalue weighted by Crippen LogP contribution is 2.19. The van der Waals surface area contributed by atoms with Gasteiger partial charge in [-0.1, -0.05) is 60.4 Å². The number of piperazine rings is 1. The first kappa shape index (κ1) is 29.4. The van der Waals surface area contributed by atoms with Gasteiger partial charge in [-0.15, -0.1) is 0 Å². The van der Waals surface area contributed by atoms with Crippen molar-refractivity contribution >= 4 is 5.91 Å². The molecule has 3 nitrogen and oxygen atoms in total. The number of carbonyl (C=O) groups is 1. The van der Waals surface area contributed by atoms with Crippen LogP contribution in [0.1, 0.15) is 113 Å². The van der Waals surface area contributed by atoms with Gasteiger partial charge in [-0.25, -0.2) is 0 Å². The fraction of sp³-hybridized carbons (Fsp3) is 0.700. The Labute approximate surface area is 205 Å². The molecule has 0 aliphatic carbocycles. The summed E-state index contributed by atoms with van der Waals surface area (Å²) in [7, 11) is 0. The van der Waals surface area contributed by atoms with Crippen LogP contribution >= 0.6 is 0 Å². The number of hydrogen-bond acceptors (Lipinski definition) is 2. The van der Waals surface area contributed by atoms with Crippen molar-refractivity contribution < 1.29 is 4.79 Å². The van der Waals surface area contributed by atoms with Crippen LogP contribution in [0.4, 0.5) is 0 Å². The second kappa shape index (κ2) is 16.9. The van der Waals surface area contributed by atoms with E-state index < -0.39 is 0 Å². The van der Waals surface area contributed by atoms with Crippen molar-refractivity contribution in [2.24, 2.45) is 0 Å². The highest BCUT2D eigenvalue weighted by molar-refractivity contribution is 5.77. The van der Waals surface area contributed by atoms with Gasteiger partial charge in [-0.2, -0.15) is 0 Å². The van der Waals surface area contributed by atoms with E-state index in [4.69, 9.17) is 0 Å². The summed E-state index contributed by atoms with van der Waals surface area (Å²) in [6.07, 6.45) is 19.8. The lowest BCUT2D eigenvalue weighted by Crippen LogP contribution is -2.58. The Morgan fingerprint density at radius 3 is 1.48 bits per heavy atom. The van der Waals surface area contributed by atoms with Crippen LogP contribution < -0.4 is 5.32 Å². The lowest BCUT2D eigenvalue weighted by molar-refractivity contribution is -0.137. The third-order valence-electron chi connectivity index (χ3n) is 6.78. The Morgan fingerprint density at radius 1 is 0.697 bits per heavy atom. The van der Waals surface area contributed by atoms with Crippen LogP contribution in [0.3, 0.4) is 0 Å². The number of amides is 1. The van der Waals surface area contributed by atoms with Crippen LogP contribution in [0, 0.1) is 0 Å². The van der Waals surface area contributed by atoms with Gasteiger partial charge >= 0.3 is 0 Å². The molecule has 188 valence electrons. The second-order valence-corrected chi connectivity index (χ2v) is 10.2. The quantitative estimate of drug-likeness (QED) is 0.269. The van der Waals surface area contributed by atoms with E-state index in [0.717, 1.165) is 64.5 Å². The number of nitrogens with zero attached hydrogens (tertiary/aromatic N) is 1. The molecule has 0 aromatic heterocycles. The second-order valence-electron chi connectivity index (χ2n) is 10.2. The van der Waals surface area contributed by atoms with Crippen LogP contribution in [0.5, 0.6) is 0 Å². The van der Waals surface area contributed by atoms with Crippen molar-refractivity contribution in [3.8, 4) is 0 Å². The van der Waals surface area contributed by atoms with Gasteiger partial charge in [0, 0.05) is 31.6 Å². The molecule has 3 heteroatoms. The van der Waals surface area contributed by atoms with Crippen LogP contribution in [-0.4, -0.2) is 36.0 Å². The van der Waals surface area contributed by atoms with E-state index in [2.05, 4.69) is 83.0 Å². The summed E-state index contributed by atoms with van der Waals surface area (Å²) < 4.78 is 0. The molecule has 1 saturated heterocycles. The summed E-state index contributed by atoms with van der Waals surface area (Å²) in [5, 5.41) is 3.49. The zero-order valence-corrected chi connectivity index (χ0v) is 22.8. The highest BCUT2D eigenvalue weighted by Gasteiger charge is 2.31. The zero-order chi connectivity index (χ0) is 24.6. The standard InChI is InChI=1S/C30H52N2O/c1-8-28-22-31-23-29(9-2)32(28)30(33)21-13-20-27(7)19-12-18-26(6)17-11-16-25(5)15-10-14-24(3)4/h14,16,18,20,28-29,31H,8-13,15,17,19,21-23H2,1-7H3/b25-16+,26-18?,27-20+. The molecule has 1 rings (SSSR count). The van der Waals surface area contributed by atoms with E-state index in [1.165, 1.54) is 28.7 Å². The number of rotatable bonds is 14. The van der Waals surface area contributed by atoms with Crippen molar-refractivity contribution in [1.29, 1.82) is 0 Å². The summed E-state index contributed by atoms with van der Waals surface area (Å²) in [5.41, 5.74) is 5.81. The minimum absolute atomic E-state index is 0.333. The molecule has 1 heterocycles. The third-order valence-corrected chi connectivity index (χ3v) is 6.78. The third kappa shape index (κ3) is 12.4. The summed E-state index contributed by atoms with van der Waals surface area (Å²) in [6.45, 7) is 17.3. The molecular weight excluding hydrogens is 404 g/mol. The zero-order valence-electron chi connectivity index (χ0n) is 22.8. The maximum Gasteiger partial charge on any atom is 0.223 e. The lowest BCUT2D eigenvalue weighted by atomic mass is 10.0. The average molecular weight is 457 g/mol. The van der Waals surface area contributed by atoms with Crippen molar-refractivity contribution in [2.75, 3.05) is 13.1 Å². The molecule has 2 atom stereocenters. The SMILES string of the molecule is CCC1CNCC(CC)N1C(=O)CC/C=C(\C)CCC=C(C)CC/C=C(\C)CCC=C(C)C. The predicted molar refractivity (Wildman–Crippen MR) is 146 cm³/mol. The number of allylic oxidation sites excluding steroid dienone is 8. The molecule has 0 aromatic carbocycles. The number of hydrogen-bond donors (Lipinski definition) is 1. The first-order valence-corrected chi connectivity index (χ1v) is 13.4. The van der Waals surface area contributed by atoms with E-state index >= 15 is 0 Å². The minimum atomic E-state index is 0.333. The van der Waals surface area contributed by atoms with Gasteiger partial charge < -0.3 is 10.2 Å². The Bertz CT molecular complexity index is 682. The molecule has 0 saturated carbocycles. The van der Waals surface area contributed by atoms with Crippen molar-refractivity contribution in [3.63, 3.8) is 0 Å². The van der Waals surface area contributed by atoms with E-state index in [9.17, 15) is 4.79 Å². The first-order chi connectivity index (χ1) is 15.8. The molecule has 1 fully saturated rings. The van der Waals surface area contributed by atoms with Gasteiger partial charge in [0.1, 0.15) is 0 Å². The molecule has 1 N–H and O–H groups in total. The fourth-order valence-corrected chi connectivity index (χ4v) is 4.56. The molecule has 2 unspecified atom stereocenters. The fourth-order valence-electron chi connectivity index (χ4n) is 4.56. The summed E-state index contributed by atoms with van der Waals surface area (Å²) in [6, 6.07) is 0.704. The van der Waals surface area contributed by atoms with Gasteiger partial charge in [0.25, 0.3) is 0 Å². The molecule has 0 radical (unpaired) electrons. The predicted octanol–water partition coefficient (Wildman–Crippen LogP) is 7.90. The molecular formula is C30H52N2O. The smallest absolute Gasteiger partial charge is 0.223 e. The largest absolute Gasteiger partial charge is 0.334 e. The molecule has 0 bridgehead atoms. The van der Waals surface area contributed by atoms with Crippen LogP contribution in [-0.2, 0) is 4.79 Å². The summed E-state index contributed by atoms with van der Waals surface area (Å²) in [5.74, 6) is 0.333. The van der Waals surface area contributed by atoms with Crippen LogP contribution in [0.2, 0.25) is 0 Å². The highest BCUT2D eigenvalue weighted by atomic mass is 16.2. The van der Waals surface area contributed by atoms with E-state index in [0.29, 0.717) is 24.4 Å². The normalized spacial score (nSPS) is 20.2. The average Bonchev–Trinajstić information content (AvgIpc) is 2.78. The summed E-state index contributed by atoms with van der Waals surface area (Å²) in [4.78, 5) is 15.1. The Kier molecular flexibility index (Phi) is 15.1. The van der Waals surface area contributed by atoms with Gasteiger partial charge in [0.2, 0.25) is 5.91 Å². The molecule has 0 spiro atoms. The van der Waals surface area contributed by atoms with Crippen molar-refractivity contribution in [2.45, 2.75) is 125 Å². The van der Waals surface area contributed by atoms with E-state index in [1.807, 2.05) is 0 Å². The van der Waals surface area contributed by atoms with Gasteiger partial charge in [-0.05, 0) is 92.4 Å². The first-order valence-electron chi connectivity index (χ1n) is 13.4.